The Labute approximate surface area is 126 Å². The normalized spacial score (nSPS) is 23.6. The van der Waals surface area contributed by atoms with Crippen molar-refractivity contribution in [3.05, 3.63) is 35.6 Å². The molecule has 0 bridgehead atoms. The van der Waals surface area contributed by atoms with E-state index in [-0.39, 0.29) is 17.6 Å². The summed E-state index contributed by atoms with van der Waals surface area (Å²) in [5.41, 5.74) is 0.982. The molecule has 118 valence electrons. The Morgan fingerprint density at radius 1 is 1.43 bits per heavy atom. The third-order valence-corrected chi connectivity index (χ3v) is 5.46. The SMILES string of the molecule is CNS(=O)(=O)CCCN1C[C@H](C)C[C@H]1c1cccc(F)c1. The van der Waals surface area contributed by atoms with Crippen LogP contribution in [0.2, 0.25) is 0 Å². The van der Waals surface area contributed by atoms with Gasteiger partial charge in [0.15, 0.2) is 0 Å². The maximum Gasteiger partial charge on any atom is 0.211 e. The van der Waals surface area contributed by atoms with E-state index < -0.39 is 10.0 Å². The van der Waals surface area contributed by atoms with E-state index in [1.165, 1.54) is 13.1 Å². The van der Waals surface area contributed by atoms with Gasteiger partial charge in [0.2, 0.25) is 10.0 Å². The van der Waals surface area contributed by atoms with Crippen molar-refractivity contribution in [3.8, 4) is 0 Å². The topological polar surface area (TPSA) is 49.4 Å². The van der Waals surface area contributed by atoms with Gasteiger partial charge in [-0.2, -0.15) is 0 Å². The third-order valence-electron chi connectivity index (χ3n) is 4.02. The van der Waals surface area contributed by atoms with Crippen LogP contribution in [0.15, 0.2) is 24.3 Å². The van der Waals surface area contributed by atoms with Gasteiger partial charge in [-0.15, -0.1) is 0 Å². The molecule has 1 aromatic rings. The van der Waals surface area contributed by atoms with Crippen molar-refractivity contribution in [2.75, 3.05) is 25.9 Å². The first kappa shape index (κ1) is 16.4. The number of nitrogens with zero attached hydrogens (tertiary/aromatic N) is 1. The molecule has 0 spiro atoms. The van der Waals surface area contributed by atoms with Crippen LogP contribution in [0.5, 0.6) is 0 Å². The number of sulfonamides is 1. The second-order valence-electron chi connectivity index (χ2n) is 5.78. The molecule has 1 aromatic carbocycles. The highest BCUT2D eigenvalue weighted by molar-refractivity contribution is 7.89. The molecular weight excluding hydrogens is 291 g/mol. The highest BCUT2D eigenvalue weighted by atomic mass is 32.2. The molecule has 0 aliphatic carbocycles. The van der Waals surface area contributed by atoms with E-state index >= 15 is 0 Å². The summed E-state index contributed by atoms with van der Waals surface area (Å²) in [5, 5.41) is 0. The summed E-state index contributed by atoms with van der Waals surface area (Å²) in [6.07, 6.45) is 1.57. The van der Waals surface area contributed by atoms with Gasteiger partial charge in [0, 0.05) is 12.6 Å². The van der Waals surface area contributed by atoms with E-state index in [1.54, 1.807) is 12.1 Å². The first-order chi connectivity index (χ1) is 9.91. The minimum Gasteiger partial charge on any atom is -0.296 e. The molecule has 1 aliphatic rings. The molecular formula is C15H23FN2O2S. The largest absolute Gasteiger partial charge is 0.296 e. The van der Waals surface area contributed by atoms with Crippen molar-refractivity contribution >= 4 is 10.0 Å². The molecule has 1 aliphatic heterocycles. The first-order valence-corrected chi connectivity index (χ1v) is 8.97. The van der Waals surface area contributed by atoms with Crippen LogP contribution < -0.4 is 4.72 Å². The quantitative estimate of drug-likeness (QED) is 0.875. The van der Waals surface area contributed by atoms with Crippen molar-refractivity contribution in [1.29, 1.82) is 0 Å². The molecule has 0 saturated carbocycles. The Morgan fingerprint density at radius 2 is 2.19 bits per heavy atom. The predicted molar refractivity (Wildman–Crippen MR) is 82.0 cm³/mol. The fourth-order valence-electron chi connectivity index (χ4n) is 3.00. The zero-order chi connectivity index (χ0) is 15.5. The lowest BCUT2D eigenvalue weighted by Crippen LogP contribution is -2.29. The number of hydrogen-bond acceptors (Lipinski definition) is 3. The summed E-state index contributed by atoms with van der Waals surface area (Å²) >= 11 is 0. The number of rotatable bonds is 6. The van der Waals surface area contributed by atoms with Crippen LogP contribution in [0, 0.1) is 11.7 Å². The maximum absolute atomic E-state index is 13.4. The monoisotopic (exact) mass is 314 g/mol. The summed E-state index contributed by atoms with van der Waals surface area (Å²) in [7, 11) is -1.72. The van der Waals surface area contributed by atoms with Crippen LogP contribution >= 0.6 is 0 Å². The highest BCUT2D eigenvalue weighted by Gasteiger charge is 2.30. The van der Waals surface area contributed by atoms with Crippen molar-refractivity contribution in [3.63, 3.8) is 0 Å². The minimum absolute atomic E-state index is 0.129. The highest BCUT2D eigenvalue weighted by Crippen LogP contribution is 2.35. The summed E-state index contributed by atoms with van der Waals surface area (Å²) < 4.78 is 38.6. The van der Waals surface area contributed by atoms with Crippen LogP contribution in [-0.2, 0) is 10.0 Å². The van der Waals surface area contributed by atoms with Crippen molar-refractivity contribution in [2.24, 2.45) is 5.92 Å². The lowest BCUT2D eigenvalue weighted by Gasteiger charge is -2.24. The Morgan fingerprint density at radius 3 is 2.86 bits per heavy atom. The molecule has 1 saturated heterocycles. The summed E-state index contributed by atoms with van der Waals surface area (Å²) in [6.45, 7) is 3.82. The zero-order valence-electron chi connectivity index (χ0n) is 12.5. The molecule has 0 aromatic heterocycles. The molecule has 21 heavy (non-hydrogen) atoms. The van der Waals surface area contributed by atoms with Gasteiger partial charge in [-0.3, -0.25) is 4.90 Å². The average Bonchev–Trinajstić information content (AvgIpc) is 2.80. The number of nitrogens with one attached hydrogen (secondary N) is 1. The third kappa shape index (κ3) is 4.49. The average molecular weight is 314 g/mol. The molecule has 2 atom stereocenters. The van der Waals surface area contributed by atoms with Crippen molar-refractivity contribution in [2.45, 2.75) is 25.8 Å². The van der Waals surface area contributed by atoms with Crippen LogP contribution in [0.1, 0.15) is 31.4 Å². The number of hydrogen-bond donors (Lipinski definition) is 1. The van der Waals surface area contributed by atoms with Gasteiger partial charge in [0.1, 0.15) is 5.82 Å². The van der Waals surface area contributed by atoms with E-state index in [0.29, 0.717) is 18.9 Å². The fourth-order valence-corrected chi connectivity index (χ4v) is 3.71. The molecule has 0 amide bonds. The smallest absolute Gasteiger partial charge is 0.211 e. The van der Waals surface area contributed by atoms with Crippen LogP contribution in [0.3, 0.4) is 0 Å². The fraction of sp³-hybridized carbons (Fsp3) is 0.600. The number of likely N-dealkylation sites (tertiary alicyclic amines) is 1. The lowest BCUT2D eigenvalue weighted by molar-refractivity contribution is 0.254. The second-order valence-corrected chi connectivity index (χ2v) is 7.83. The number of benzene rings is 1. The standard InChI is InChI=1S/C15H23FN2O2S/c1-12-9-15(13-5-3-6-14(16)10-13)18(11-12)7-4-8-21(19,20)17-2/h3,5-6,10,12,15,17H,4,7-9,11H2,1-2H3/t12-,15+/m1/s1. The summed E-state index contributed by atoms with van der Waals surface area (Å²) in [6, 6.07) is 6.90. The molecule has 0 radical (unpaired) electrons. The first-order valence-electron chi connectivity index (χ1n) is 7.32. The Kier molecular flexibility index (Phi) is 5.35. The second kappa shape index (κ2) is 6.85. The van der Waals surface area contributed by atoms with E-state index in [1.807, 2.05) is 6.07 Å². The van der Waals surface area contributed by atoms with E-state index in [4.69, 9.17) is 0 Å². The van der Waals surface area contributed by atoms with Gasteiger partial charge in [0.25, 0.3) is 0 Å². The van der Waals surface area contributed by atoms with Gasteiger partial charge in [-0.1, -0.05) is 19.1 Å². The molecule has 1 fully saturated rings. The maximum atomic E-state index is 13.4. The molecule has 1 N–H and O–H groups in total. The van der Waals surface area contributed by atoms with Gasteiger partial charge >= 0.3 is 0 Å². The molecule has 4 nitrogen and oxygen atoms in total. The molecule has 2 rings (SSSR count). The Bertz CT molecular complexity index is 577. The summed E-state index contributed by atoms with van der Waals surface area (Å²) in [4.78, 5) is 2.27. The number of halogens is 1. The van der Waals surface area contributed by atoms with Gasteiger partial charge in [-0.05, 0) is 50.0 Å². The molecule has 1 heterocycles. The Balaban J connectivity index is 2.00. The van der Waals surface area contributed by atoms with Gasteiger partial charge < -0.3 is 0 Å². The lowest BCUT2D eigenvalue weighted by atomic mass is 10.0. The van der Waals surface area contributed by atoms with E-state index in [2.05, 4.69) is 16.5 Å². The van der Waals surface area contributed by atoms with Crippen LogP contribution in [-0.4, -0.2) is 39.2 Å². The molecule has 6 heteroatoms. The van der Waals surface area contributed by atoms with Gasteiger partial charge in [-0.25, -0.2) is 17.5 Å². The van der Waals surface area contributed by atoms with Crippen molar-refractivity contribution in [1.82, 2.24) is 9.62 Å². The zero-order valence-corrected chi connectivity index (χ0v) is 13.4. The minimum atomic E-state index is -3.15. The Hall–Kier alpha value is -0.980. The predicted octanol–water partition coefficient (Wildman–Crippen LogP) is 2.15. The van der Waals surface area contributed by atoms with E-state index in [9.17, 15) is 12.8 Å². The summed E-state index contributed by atoms with van der Waals surface area (Å²) in [5.74, 6) is 0.452. The van der Waals surface area contributed by atoms with Crippen LogP contribution in [0.25, 0.3) is 0 Å². The van der Waals surface area contributed by atoms with Crippen molar-refractivity contribution < 1.29 is 12.8 Å². The van der Waals surface area contributed by atoms with Crippen LogP contribution in [0.4, 0.5) is 4.39 Å². The van der Waals surface area contributed by atoms with E-state index in [0.717, 1.165) is 18.5 Å². The van der Waals surface area contributed by atoms with Gasteiger partial charge in [0.05, 0.1) is 5.75 Å². The molecule has 0 unspecified atom stereocenters.